The Morgan fingerprint density at radius 3 is 2.43 bits per heavy atom. The van der Waals surface area contributed by atoms with Crippen molar-refractivity contribution in [3.63, 3.8) is 0 Å². The molecule has 1 aromatic heterocycles. The third-order valence-corrected chi connectivity index (χ3v) is 10.9. The minimum Gasteiger partial charge on any atom is -0.466 e. The topological polar surface area (TPSA) is 89.9 Å². The van der Waals surface area contributed by atoms with Crippen LogP contribution in [-0.2, 0) is 44.5 Å². The predicted molar refractivity (Wildman–Crippen MR) is 193 cm³/mol. The molecule has 1 aliphatic carbocycles. The lowest BCUT2D eigenvalue weighted by Crippen LogP contribution is -2.41. The van der Waals surface area contributed by atoms with Gasteiger partial charge in [-0.1, -0.05) is 19.9 Å². The fourth-order valence-corrected chi connectivity index (χ4v) is 8.51. The van der Waals surface area contributed by atoms with Gasteiger partial charge in [-0.05, 0) is 128 Å². The van der Waals surface area contributed by atoms with Crippen molar-refractivity contribution in [2.75, 3.05) is 26.3 Å². The van der Waals surface area contributed by atoms with Crippen molar-refractivity contribution in [1.29, 1.82) is 0 Å². The number of alkyl halides is 3. The van der Waals surface area contributed by atoms with E-state index < -0.39 is 41.3 Å². The fraction of sp³-hybridized carbons (Fsp3) is 0.537. The molecule has 2 unspecified atom stereocenters. The molecular weight excluding hydrogens is 690 g/mol. The average molecular weight is 740 g/mol. The highest BCUT2D eigenvalue weighted by molar-refractivity contribution is 5.82. The molecule has 0 spiro atoms. The number of rotatable bonds is 13. The summed E-state index contributed by atoms with van der Waals surface area (Å²) < 4.78 is 69.4. The number of aromatic nitrogens is 1. The van der Waals surface area contributed by atoms with E-state index in [9.17, 15) is 31.9 Å². The molecule has 53 heavy (non-hydrogen) atoms. The van der Waals surface area contributed by atoms with Crippen molar-refractivity contribution in [2.24, 2.45) is 5.92 Å². The van der Waals surface area contributed by atoms with Gasteiger partial charge in [-0.15, -0.1) is 0 Å². The smallest absolute Gasteiger partial charge is 0.416 e. The van der Waals surface area contributed by atoms with Crippen LogP contribution in [0.1, 0.15) is 97.5 Å². The zero-order chi connectivity index (χ0) is 38.2. The number of fused-ring (bicyclic) bond motifs is 3. The number of likely N-dealkylation sites (tertiary alicyclic amines) is 1. The van der Waals surface area contributed by atoms with E-state index in [1.54, 1.807) is 6.92 Å². The molecule has 8 nitrogen and oxygen atoms in total. The predicted octanol–water partition coefficient (Wildman–Crippen LogP) is 7.19. The van der Waals surface area contributed by atoms with Crippen LogP contribution in [0.3, 0.4) is 0 Å². The molecule has 0 saturated carbocycles. The summed E-state index contributed by atoms with van der Waals surface area (Å²) in [6.07, 6.45) is -0.0684. The Kier molecular flexibility index (Phi) is 11.5. The van der Waals surface area contributed by atoms with E-state index in [-0.39, 0.29) is 55.3 Å². The van der Waals surface area contributed by atoms with Crippen LogP contribution in [0.5, 0.6) is 0 Å². The lowest BCUT2D eigenvalue weighted by Gasteiger charge is -2.28. The number of pyridine rings is 1. The van der Waals surface area contributed by atoms with Gasteiger partial charge in [0, 0.05) is 31.4 Å². The number of nitrogens with one attached hydrogen (secondary N) is 1. The van der Waals surface area contributed by atoms with Gasteiger partial charge in [0.1, 0.15) is 11.9 Å². The summed E-state index contributed by atoms with van der Waals surface area (Å²) in [6.45, 7) is 10.8. The van der Waals surface area contributed by atoms with E-state index in [0.29, 0.717) is 31.3 Å². The second kappa shape index (κ2) is 15.8. The van der Waals surface area contributed by atoms with Crippen molar-refractivity contribution in [2.45, 2.75) is 110 Å². The molecule has 3 aromatic rings. The minimum atomic E-state index is -4.76. The number of carbonyl (C=O) groups excluding carboxylic acids is 2. The normalized spacial score (nSPS) is 19.4. The first kappa shape index (κ1) is 38.7. The summed E-state index contributed by atoms with van der Waals surface area (Å²) in [5, 5.41) is 3.02. The van der Waals surface area contributed by atoms with Crippen LogP contribution in [0.4, 0.5) is 17.6 Å². The maximum absolute atomic E-state index is 14.4. The first-order chi connectivity index (χ1) is 25.1. The molecule has 6 rings (SSSR count). The largest absolute Gasteiger partial charge is 0.466 e. The lowest BCUT2D eigenvalue weighted by molar-refractivity contribution is -0.144. The zero-order valence-electron chi connectivity index (χ0n) is 31.1. The molecule has 286 valence electrons. The summed E-state index contributed by atoms with van der Waals surface area (Å²) >= 11 is 0. The van der Waals surface area contributed by atoms with Gasteiger partial charge < -0.3 is 19.4 Å². The summed E-state index contributed by atoms with van der Waals surface area (Å²) in [5.74, 6) is -1.57. The van der Waals surface area contributed by atoms with E-state index in [0.717, 1.165) is 63.6 Å². The molecule has 3 aliphatic rings. The van der Waals surface area contributed by atoms with Crippen molar-refractivity contribution in [1.82, 2.24) is 14.8 Å². The van der Waals surface area contributed by atoms with E-state index in [2.05, 4.69) is 10.2 Å². The van der Waals surface area contributed by atoms with E-state index >= 15 is 0 Å². The summed E-state index contributed by atoms with van der Waals surface area (Å²) in [5.41, 5.74) is 4.21. The first-order valence-corrected chi connectivity index (χ1v) is 18.7. The Hall–Kier alpha value is -4.03. The van der Waals surface area contributed by atoms with Crippen LogP contribution < -0.4 is 10.9 Å². The van der Waals surface area contributed by atoms with Gasteiger partial charge in [0.2, 0.25) is 5.91 Å². The van der Waals surface area contributed by atoms with Gasteiger partial charge in [0.15, 0.2) is 0 Å². The summed E-state index contributed by atoms with van der Waals surface area (Å²) in [4.78, 5) is 43.1. The Morgan fingerprint density at radius 2 is 1.81 bits per heavy atom. The highest BCUT2D eigenvalue weighted by atomic mass is 19.4. The SMILES string of the molecule is CCOC(=O)CC(NC(=O)C(CC(C)C)n1cc(CCN2C[C@H]3C[C@@H]2CO3)c(C(F)(F)F)cc1=O)c1cc2c(c(-c3c(C)cc(F)cc3C)c1)CCC2. The van der Waals surface area contributed by atoms with E-state index in [1.165, 1.54) is 18.3 Å². The van der Waals surface area contributed by atoms with Gasteiger partial charge in [-0.2, -0.15) is 13.2 Å². The van der Waals surface area contributed by atoms with Crippen molar-refractivity contribution < 1.29 is 36.6 Å². The van der Waals surface area contributed by atoms with Crippen LogP contribution in [0, 0.1) is 25.6 Å². The summed E-state index contributed by atoms with van der Waals surface area (Å²) in [6, 6.07) is 5.64. The maximum Gasteiger partial charge on any atom is 0.416 e. The van der Waals surface area contributed by atoms with E-state index in [1.807, 2.05) is 39.8 Å². The van der Waals surface area contributed by atoms with Crippen LogP contribution >= 0.6 is 0 Å². The second-order valence-electron chi connectivity index (χ2n) is 15.2. The molecule has 2 fully saturated rings. The number of morpholine rings is 1. The average Bonchev–Trinajstić information content (AvgIpc) is 3.83. The number of nitrogens with zero attached hydrogens (tertiary/aromatic N) is 2. The van der Waals surface area contributed by atoms with Gasteiger partial charge in [-0.3, -0.25) is 19.3 Å². The molecule has 4 atom stereocenters. The van der Waals surface area contributed by atoms with Crippen LogP contribution in [-0.4, -0.2) is 59.8 Å². The number of amides is 1. The number of benzene rings is 2. The number of esters is 1. The highest BCUT2D eigenvalue weighted by Gasteiger charge is 2.40. The highest BCUT2D eigenvalue weighted by Crippen LogP contribution is 2.40. The molecule has 1 N–H and O–H groups in total. The van der Waals surface area contributed by atoms with Crippen LogP contribution in [0.2, 0.25) is 0 Å². The van der Waals surface area contributed by atoms with Crippen molar-refractivity contribution in [3.8, 4) is 11.1 Å². The van der Waals surface area contributed by atoms with Gasteiger partial charge >= 0.3 is 12.1 Å². The maximum atomic E-state index is 14.4. The molecule has 2 bridgehead atoms. The first-order valence-electron chi connectivity index (χ1n) is 18.7. The number of aryl methyl sites for hydroxylation is 3. The lowest BCUT2D eigenvalue weighted by atomic mass is 9.87. The molecule has 1 amide bonds. The number of halogens is 4. The van der Waals surface area contributed by atoms with Crippen LogP contribution in [0.25, 0.3) is 11.1 Å². The van der Waals surface area contributed by atoms with Crippen molar-refractivity contribution in [3.05, 3.63) is 91.6 Å². The van der Waals surface area contributed by atoms with Gasteiger partial charge in [-0.25, -0.2) is 4.39 Å². The molecule has 3 heterocycles. The molecule has 2 aromatic carbocycles. The number of carbonyl (C=O) groups is 2. The Morgan fingerprint density at radius 1 is 1.08 bits per heavy atom. The number of ether oxygens (including phenoxy) is 2. The van der Waals surface area contributed by atoms with Crippen molar-refractivity contribution >= 4 is 11.9 Å². The monoisotopic (exact) mass is 739 g/mol. The minimum absolute atomic E-state index is 0.0416. The zero-order valence-corrected chi connectivity index (χ0v) is 31.1. The van der Waals surface area contributed by atoms with Gasteiger partial charge in [0.25, 0.3) is 5.56 Å². The molecule has 2 aliphatic heterocycles. The third-order valence-electron chi connectivity index (χ3n) is 10.9. The van der Waals surface area contributed by atoms with Crippen LogP contribution in [0.15, 0.2) is 41.3 Å². The number of hydrogen-bond acceptors (Lipinski definition) is 6. The van der Waals surface area contributed by atoms with E-state index in [4.69, 9.17) is 9.47 Å². The Bertz CT molecular complexity index is 1900. The molecule has 0 radical (unpaired) electrons. The molecule has 12 heteroatoms. The molecular formula is C41H49F4N3O5. The fourth-order valence-electron chi connectivity index (χ4n) is 8.51. The quantitative estimate of drug-likeness (QED) is 0.148. The Labute approximate surface area is 307 Å². The standard InChI is InChI=1S/C41H49F4N3O5/c1-6-52-38(50)19-35(28-15-26-8-7-9-32(26)33(16-28)39-24(4)13-29(42)14-25(39)5)46-40(51)36(12-23(2)3)48-20-27(34(18-37(48)49)41(43,44)45)10-11-47-21-31-17-30(47)22-53-31/h13-16,18,20,23,30-31,35-36H,6-12,17,19,21-22H2,1-5H3,(H,46,51)/t30-,31-,35?,36?/m1/s1. The number of hydrogen-bond donors (Lipinski definition) is 1. The van der Waals surface area contributed by atoms with Gasteiger partial charge in [0.05, 0.1) is 37.3 Å². The third kappa shape index (κ3) is 8.54. The Balaban J connectivity index is 1.37. The second-order valence-corrected chi connectivity index (χ2v) is 15.2. The molecule has 2 saturated heterocycles. The summed E-state index contributed by atoms with van der Waals surface area (Å²) in [7, 11) is 0.